The van der Waals surface area contributed by atoms with E-state index in [2.05, 4.69) is 26.1 Å². The van der Waals surface area contributed by atoms with Gasteiger partial charge in [0, 0.05) is 13.5 Å². The molecule has 0 aliphatic rings. The topological polar surface area (TPSA) is 29.1 Å². The van der Waals surface area contributed by atoms with E-state index < -0.39 is 0 Å². The van der Waals surface area contributed by atoms with Gasteiger partial charge in [0.15, 0.2) is 0 Å². The van der Waals surface area contributed by atoms with Crippen LogP contribution >= 0.6 is 0 Å². The Kier molecular flexibility index (Phi) is 5.76. The Labute approximate surface area is 82.1 Å². The molecule has 2 heteroatoms. The van der Waals surface area contributed by atoms with Crippen LogP contribution < -0.4 is 5.32 Å². The lowest BCUT2D eigenvalue weighted by molar-refractivity contribution is -0.119. The standard InChI is InChI=1S/C11H23NO/c1-5-7-8-11(4,6-2)9-12-10(3)13/h5-9H2,1-4H3,(H,12,13)/t11-/m0/s1. The number of unbranched alkanes of at least 4 members (excludes halogenated alkanes) is 1. The van der Waals surface area contributed by atoms with Crippen LogP contribution in [0.1, 0.15) is 53.4 Å². The van der Waals surface area contributed by atoms with E-state index in [9.17, 15) is 4.79 Å². The van der Waals surface area contributed by atoms with Crippen LogP contribution in [0.4, 0.5) is 0 Å². The molecule has 0 saturated heterocycles. The fourth-order valence-electron chi connectivity index (χ4n) is 1.33. The second-order valence-corrected chi connectivity index (χ2v) is 4.18. The number of hydrogen-bond donors (Lipinski definition) is 1. The molecule has 0 aromatic carbocycles. The number of carbonyl (C=O) groups excluding carboxylic acids is 1. The van der Waals surface area contributed by atoms with Crippen molar-refractivity contribution in [1.82, 2.24) is 5.32 Å². The van der Waals surface area contributed by atoms with Gasteiger partial charge in [0.1, 0.15) is 0 Å². The molecule has 0 aromatic heterocycles. The first-order valence-electron chi connectivity index (χ1n) is 5.28. The lowest BCUT2D eigenvalue weighted by Gasteiger charge is -2.28. The zero-order valence-corrected chi connectivity index (χ0v) is 9.44. The van der Waals surface area contributed by atoms with Crippen molar-refractivity contribution in [2.75, 3.05) is 6.54 Å². The van der Waals surface area contributed by atoms with Crippen molar-refractivity contribution in [2.45, 2.75) is 53.4 Å². The van der Waals surface area contributed by atoms with Crippen molar-refractivity contribution in [3.8, 4) is 0 Å². The maximum atomic E-state index is 10.8. The highest BCUT2D eigenvalue weighted by Crippen LogP contribution is 2.26. The molecule has 0 fully saturated rings. The van der Waals surface area contributed by atoms with E-state index in [1.165, 1.54) is 19.3 Å². The van der Waals surface area contributed by atoms with E-state index in [1.54, 1.807) is 6.92 Å². The zero-order valence-electron chi connectivity index (χ0n) is 9.44. The van der Waals surface area contributed by atoms with E-state index in [0.29, 0.717) is 5.41 Å². The van der Waals surface area contributed by atoms with Crippen molar-refractivity contribution in [2.24, 2.45) is 5.41 Å². The van der Waals surface area contributed by atoms with Crippen molar-refractivity contribution >= 4 is 5.91 Å². The third kappa shape index (κ3) is 5.67. The summed E-state index contributed by atoms with van der Waals surface area (Å²) < 4.78 is 0. The molecule has 78 valence electrons. The molecule has 13 heavy (non-hydrogen) atoms. The zero-order chi connectivity index (χ0) is 10.3. The van der Waals surface area contributed by atoms with Crippen LogP contribution in [-0.4, -0.2) is 12.5 Å². The largest absolute Gasteiger partial charge is 0.356 e. The van der Waals surface area contributed by atoms with Crippen LogP contribution in [0.15, 0.2) is 0 Å². The van der Waals surface area contributed by atoms with Gasteiger partial charge < -0.3 is 5.32 Å². The summed E-state index contributed by atoms with van der Waals surface area (Å²) in [5.41, 5.74) is 0.293. The molecule has 0 aliphatic carbocycles. The van der Waals surface area contributed by atoms with Crippen LogP contribution in [0.3, 0.4) is 0 Å². The molecule has 0 aromatic rings. The fourth-order valence-corrected chi connectivity index (χ4v) is 1.33. The summed E-state index contributed by atoms with van der Waals surface area (Å²) in [5, 5.41) is 2.91. The van der Waals surface area contributed by atoms with E-state index in [0.717, 1.165) is 13.0 Å². The molecule has 0 aliphatic heterocycles. The number of rotatable bonds is 6. The summed E-state index contributed by atoms with van der Waals surface area (Å²) >= 11 is 0. The smallest absolute Gasteiger partial charge is 0.216 e. The Balaban J connectivity index is 3.87. The molecule has 1 amide bonds. The monoisotopic (exact) mass is 185 g/mol. The average Bonchev–Trinajstić information content (AvgIpc) is 2.11. The maximum Gasteiger partial charge on any atom is 0.216 e. The number of carbonyl (C=O) groups is 1. The van der Waals surface area contributed by atoms with Crippen LogP contribution in [-0.2, 0) is 4.79 Å². The third-order valence-corrected chi connectivity index (χ3v) is 2.75. The molecular formula is C11H23NO. The van der Waals surface area contributed by atoms with Gasteiger partial charge in [0.25, 0.3) is 0 Å². The lowest BCUT2D eigenvalue weighted by atomic mass is 9.82. The number of hydrogen-bond acceptors (Lipinski definition) is 1. The van der Waals surface area contributed by atoms with E-state index in [1.807, 2.05) is 0 Å². The van der Waals surface area contributed by atoms with Crippen molar-refractivity contribution in [3.05, 3.63) is 0 Å². The lowest BCUT2D eigenvalue weighted by Crippen LogP contribution is -2.34. The minimum atomic E-state index is 0.0798. The Morgan fingerprint density at radius 1 is 1.38 bits per heavy atom. The fraction of sp³-hybridized carbons (Fsp3) is 0.909. The predicted octanol–water partition coefficient (Wildman–Crippen LogP) is 2.73. The van der Waals surface area contributed by atoms with Gasteiger partial charge in [-0.25, -0.2) is 0 Å². The highest BCUT2D eigenvalue weighted by atomic mass is 16.1. The Hall–Kier alpha value is -0.530. The molecule has 0 heterocycles. The minimum absolute atomic E-state index is 0.0798. The van der Waals surface area contributed by atoms with Crippen molar-refractivity contribution in [1.29, 1.82) is 0 Å². The van der Waals surface area contributed by atoms with Crippen LogP contribution in [0.5, 0.6) is 0 Å². The summed E-state index contributed by atoms with van der Waals surface area (Å²) in [6, 6.07) is 0. The van der Waals surface area contributed by atoms with Gasteiger partial charge >= 0.3 is 0 Å². The first-order chi connectivity index (χ1) is 6.04. The van der Waals surface area contributed by atoms with E-state index in [-0.39, 0.29) is 5.91 Å². The first kappa shape index (κ1) is 12.5. The van der Waals surface area contributed by atoms with E-state index >= 15 is 0 Å². The summed E-state index contributed by atoms with van der Waals surface area (Å²) in [5.74, 6) is 0.0798. The van der Waals surface area contributed by atoms with Crippen molar-refractivity contribution < 1.29 is 4.79 Å². The first-order valence-corrected chi connectivity index (χ1v) is 5.28. The van der Waals surface area contributed by atoms with Gasteiger partial charge in [-0.05, 0) is 18.3 Å². The number of amides is 1. The SMILES string of the molecule is CCCC[C@](C)(CC)CNC(C)=O. The van der Waals surface area contributed by atoms with Crippen LogP contribution in [0.25, 0.3) is 0 Å². The molecule has 0 rings (SSSR count). The second-order valence-electron chi connectivity index (χ2n) is 4.18. The van der Waals surface area contributed by atoms with Gasteiger partial charge in [-0.1, -0.05) is 33.6 Å². The van der Waals surface area contributed by atoms with Gasteiger partial charge in [-0.15, -0.1) is 0 Å². The molecule has 1 atom stereocenters. The molecular weight excluding hydrogens is 162 g/mol. The van der Waals surface area contributed by atoms with Crippen LogP contribution in [0.2, 0.25) is 0 Å². The van der Waals surface area contributed by atoms with Gasteiger partial charge in [-0.3, -0.25) is 4.79 Å². The quantitative estimate of drug-likeness (QED) is 0.677. The molecule has 0 bridgehead atoms. The molecule has 0 unspecified atom stereocenters. The number of nitrogens with one attached hydrogen (secondary N) is 1. The van der Waals surface area contributed by atoms with Crippen molar-refractivity contribution in [3.63, 3.8) is 0 Å². The second kappa shape index (κ2) is 6.01. The summed E-state index contributed by atoms with van der Waals surface area (Å²) in [7, 11) is 0. The summed E-state index contributed by atoms with van der Waals surface area (Å²) in [6.45, 7) is 9.04. The van der Waals surface area contributed by atoms with E-state index in [4.69, 9.17) is 0 Å². The summed E-state index contributed by atoms with van der Waals surface area (Å²) in [6.07, 6.45) is 4.83. The minimum Gasteiger partial charge on any atom is -0.356 e. The molecule has 0 saturated carbocycles. The Bertz CT molecular complexity index is 156. The molecule has 0 spiro atoms. The third-order valence-electron chi connectivity index (χ3n) is 2.75. The highest BCUT2D eigenvalue weighted by Gasteiger charge is 2.21. The molecule has 0 radical (unpaired) electrons. The van der Waals surface area contributed by atoms with Gasteiger partial charge in [0.05, 0.1) is 0 Å². The maximum absolute atomic E-state index is 10.8. The normalized spacial score (nSPS) is 15.1. The average molecular weight is 185 g/mol. The molecule has 2 nitrogen and oxygen atoms in total. The molecule has 1 N–H and O–H groups in total. The Morgan fingerprint density at radius 3 is 2.38 bits per heavy atom. The Morgan fingerprint density at radius 2 is 2.00 bits per heavy atom. The predicted molar refractivity (Wildman–Crippen MR) is 56.6 cm³/mol. The summed E-state index contributed by atoms with van der Waals surface area (Å²) in [4.78, 5) is 10.8. The van der Waals surface area contributed by atoms with Gasteiger partial charge in [-0.2, -0.15) is 0 Å². The highest BCUT2D eigenvalue weighted by molar-refractivity contribution is 5.72. The van der Waals surface area contributed by atoms with Gasteiger partial charge in [0.2, 0.25) is 5.91 Å². The van der Waals surface area contributed by atoms with Crippen LogP contribution in [0, 0.1) is 5.41 Å².